The molecule has 0 aliphatic carbocycles. The molecule has 0 amide bonds. The molecule has 0 spiro atoms. The van der Waals surface area contributed by atoms with Crippen molar-refractivity contribution in [2.75, 3.05) is 7.11 Å². The van der Waals surface area contributed by atoms with Gasteiger partial charge in [-0.3, -0.25) is 9.78 Å². The summed E-state index contributed by atoms with van der Waals surface area (Å²) in [5.41, 5.74) is 0.934. The fourth-order valence-corrected chi connectivity index (χ4v) is 0.850. The molecule has 4 heteroatoms. The first kappa shape index (κ1) is 10.9. The molecule has 4 nitrogen and oxygen atoms in total. The molecule has 0 atom stereocenters. The topological polar surface area (TPSA) is 56.3 Å². The largest absolute Gasteiger partial charge is 0.459 e. The van der Waals surface area contributed by atoms with Crippen molar-refractivity contribution in [2.24, 2.45) is 0 Å². The van der Waals surface area contributed by atoms with E-state index < -0.39 is 5.97 Å². The monoisotopic (exact) mass is 203 g/mol. The van der Waals surface area contributed by atoms with Crippen LogP contribution in [0.15, 0.2) is 18.3 Å². The van der Waals surface area contributed by atoms with E-state index in [-0.39, 0.29) is 5.78 Å². The number of Topliss-reactive ketones (excluding diaryl/α,β-unsaturated/α-hetero) is 1. The van der Waals surface area contributed by atoms with Gasteiger partial charge in [-0.2, -0.15) is 0 Å². The van der Waals surface area contributed by atoms with Crippen molar-refractivity contribution in [1.82, 2.24) is 4.98 Å². The fourth-order valence-electron chi connectivity index (χ4n) is 0.850. The van der Waals surface area contributed by atoms with Crippen LogP contribution in [0.4, 0.5) is 0 Å². The molecule has 1 rings (SSSR count). The van der Waals surface area contributed by atoms with Crippen molar-refractivity contribution in [2.45, 2.75) is 6.92 Å². The van der Waals surface area contributed by atoms with E-state index in [0.717, 1.165) is 0 Å². The predicted molar refractivity (Wildman–Crippen MR) is 53.1 cm³/mol. The molecule has 0 fully saturated rings. The lowest BCUT2D eigenvalue weighted by atomic mass is 10.2. The summed E-state index contributed by atoms with van der Waals surface area (Å²) in [4.78, 5) is 25.5. The Morgan fingerprint density at radius 3 is 2.60 bits per heavy atom. The number of carbonyl (C=O) groups excluding carboxylic acids is 2. The number of esters is 1. The molecule has 0 radical (unpaired) electrons. The lowest BCUT2D eigenvalue weighted by molar-refractivity contribution is -0.133. The SMILES string of the molecule is COC(=O)C#Cc1ccc(C(C)=O)nc1. The number of ketones is 1. The predicted octanol–water partition coefficient (Wildman–Crippen LogP) is 0.809. The second kappa shape index (κ2) is 4.91. The van der Waals surface area contributed by atoms with Gasteiger partial charge in [-0.1, -0.05) is 5.92 Å². The Labute approximate surface area is 87.3 Å². The fraction of sp³-hybridized carbons (Fsp3) is 0.182. The van der Waals surface area contributed by atoms with Crippen molar-refractivity contribution in [3.05, 3.63) is 29.6 Å². The highest BCUT2D eigenvalue weighted by atomic mass is 16.5. The summed E-state index contributed by atoms with van der Waals surface area (Å²) < 4.78 is 4.35. The highest BCUT2D eigenvalue weighted by Gasteiger charge is 1.99. The molecule has 0 aromatic carbocycles. The van der Waals surface area contributed by atoms with Crippen LogP contribution in [0.3, 0.4) is 0 Å². The van der Waals surface area contributed by atoms with Gasteiger partial charge < -0.3 is 4.74 Å². The molecule has 1 heterocycles. The number of aromatic nitrogens is 1. The van der Waals surface area contributed by atoms with Gasteiger partial charge >= 0.3 is 5.97 Å². The minimum atomic E-state index is -0.606. The molecular weight excluding hydrogens is 194 g/mol. The quantitative estimate of drug-likeness (QED) is 0.385. The lowest BCUT2D eigenvalue weighted by Gasteiger charge is -1.93. The van der Waals surface area contributed by atoms with Gasteiger partial charge in [0, 0.05) is 24.6 Å². The van der Waals surface area contributed by atoms with Gasteiger partial charge in [-0.25, -0.2) is 4.79 Å². The van der Waals surface area contributed by atoms with E-state index in [0.29, 0.717) is 11.3 Å². The van der Waals surface area contributed by atoms with Crippen LogP contribution in [-0.4, -0.2) is 23.8 Å². The molecule has 0 aliphatic rings. The number of nitrogens with zero attached hydrogens (tertiary/aromatic N) is 1. The second-order valence-corrected chi connectivity index (χ2v) is 2.73. The number of hydrogen-bond acceptors (Lipinski definition) is 4. The third-order valence-corrected chi connectivity index (χ3v) is 1.62. The molecule has 0 N–H and O–H groups in total. The zero-order chi connectivity index (χ0) is 11.3. The number of methoxy groups -OCH3 is 1. The summed E-state index contributed by atoms with van der Waals surface area (Å²) >= 11 is 0. The Morgan fingerprint density at radius 1 is 1.40 bits per heavy atom. The molecule has 0 saturated heterocycles. The van der Waals surface area contributed by atoms with E-state index >= 15 is 0 Å². The molecule has 0 aliphatic heterocycles. The Morgan fingerprint density at radius 2 is 2.13 bits per heavy atom. The van der Waals surface area contributed by atoms with Crippen molar-refractivity contribution in [1.29, 1.82) is 0 Å². The third-order valence-electron chi connectivity index (χ3n) is 1.62. The van der Waals surface area contributed by atoms with Crippen LogP contribution < -0.4 is 0 Å². The summed E-state index contributed by atoms with van der Waals surface area (Å²) in [6.45, 7) is 1.43. The van der Waals surface area contributed by atoms with E-state index in [1.807, 2.05) is 0 Å². The third kappa shape index (κ3) is 3.24. The standard InChI is InChI=1S/C11H9NO3/c1-8(13)10-5-3-9(7-12-10)4-6-11(14)15-2/h3,5,7H,1-2H3. The van der Waals surface area contributed by atoms with Crippen LogP contribution >= 0.6 is 0 Å². The van der Waals surface area contributed by atoms with Crippen molar-refractivity contribution in [3.8, 4) is 11.8 Å². The zero-order valence-corrected chi connectivity index (χ0v) is 8.40. The van der Waals surface area contributed by atoms with Gasteiger partial charge in [-0.05, 0) is 12.1 Å². The number of hydrogen-bond donors (Lipinski definition) is 0. The van der Waals surface area contributed by atoms with Gasteiger partial charge in [0.15, 0.2) is 5.78 Å². The van der Waals surface area contributed by atoms with Crippen LogP contribution in [0.1, 0.15) is 23.0 Å². The van der Waals surface area contributed by atoms with E-state index in [1.165, 1.54) is 20.2 Å². The molecule has 15 heavy (non-hydrogen) atoms. The highest BCUT2D eigenvalue weighted by molar-refractivity contribution is 5.92. The van der Waals surface area contributed by atoms with E-state index in [9.17, 15) is 9.59 Å². The summed E-state index contributed by atoms with van der Waals surface area (Å²) in [6, 6.07) is 3.18. The average molecular weight is 203 g/mol. The number of carbonyl (C=O) groups is 2. The first-order chi connectivity index (χ1) is 7.13. The molecule has 0 saturated carbocycles. The second-order valence-electron chi connectivity index (χ2n) is 2.73. The Bertz CT molecular complexity index is 437. The summed E-state index contributed by atoms with van der Waals surface area (Å²) in [7, 11) is 1.26. The maximum Gasteiger partial charge on any atom is 0.384 e. The molecular formula is C11H9NO3. The number of pyridine rings is 1. The molecule has 76 valence electrons. The lowest BCUT2D eigenvalue weighted by Crippen LogP contribution is -1.97. The first-order valence-corrected chi connectivity index (χ1v) is 4.20. The minimum absolute atomic E-state index is 0.109. The summed E-state index contributed by atoms with van der Waals surface area (Å²) in [6.07, 6.45) is 1.44. The van der Waals surface area contributed by atoms with Crippen LogP contribution in [-0.2, 0) is 9.53 Å². The van der Waals surface area contributed by atoms with Gasteiger partial charge in [0.05, 0.1) is 7.11 Å². The number of rotatable bonds is 1. The Kier molecular flexibility index (Phi) is 3.58. The van der Waals surface area contributed by atoms with Crippen molar-refractivity contribution < 1.29 is 14.3 Å². The van der Waals surface area contributed by atoms with Crippen LogP contribution in [0.2, 0.25) is 0 Å². The van der Waals surface area contributed by atoms with E-state index in [1.54, 1.807) is 12.1 Å². The normalized spacial score (nSPS) is 8.67. The van der Waals surface area contributed by atoms with E-state index in [2.05, 4.69) is 21.6 Å². The smallest absolute Gasteiger partial charge is 0.384 e. The number of ether oxygens (including phenoxy) is 1. The average Bonchev–Trinajstić information content (AvgIpc) is 2.26. The molecule has 1 aromatic heterocycles. The van der Waals surface area contributed by atoms with Crippen LogP contribution in [0.5, 0.6) is 0 Å². The van der Waals surface area contributed by atoms with E-state index in [4.69, 9.17) is 0 Å². The summed E-state index contributed by atoms with van der Waals surface area (Å²) in [5, 5.41) is 0. The maximum absolute atomic E-state index is 10.9. The maximum atomic E-state index is 10.9. The van der Waals surface area contributed by atoms with Gasteiger partial charge in [0.1, 0.15) is 5.69 Å². The first-order valence-electron chi connectivity index (χ1n) is 4.20. The van der Waals surface area contributed by atoms with Crippen molar-refractivity contribution >= 4 is 11.8 Å². The molecule has 1 aromatic rings. The van der Waals surface area contributed by atoms with Crippen LogP contribution in [0.25, 0.3) is 0 Å². The van der Waals surface area contributed by atoms with Gasteiger partial charge in [0.2, 0.25) is 0 Å². The molecule has 0 unspecified atom stereocenters. The molecule has 0 bridgehead atoms. The minimum Gasteiger partial charge on any atom is -0.459 e. The Hall–Kier alpha value is -2.15. The zero-order valence-electron chi connectivity index (χ0n) is 8.40. The Balaban J connectivity index is 2.84. The summed E-state index contributed by atoms with van der Waals surface area (Å²) in [5.74, 6) is 4.11. The highest BCUT2D eigenvalue weighted by Crippen LogP contribution is 1.99. The van der Waals surface area contributed by atoms with Gasteiger partial charge in [-0.15, -0.1) is 0 Å². The van der Waals surface area contributed by atoms with Crippen LogP contribution in [0, 0.1) is 11.8 Å². The van der Waals surface area contributed by atoms with Gasteiger partial charge in [0.25, 0.3) is 0 Å². The van der Waals surface area contributed by atoms with Crippen molar-refractivity contribution in [3.63, 3.8) is 0 Å².